The van der Waals surface area contributed by atoms with Crippen molar-refractivity contribution in [1.29, 1.82) is 0 Å². The summed E-state index contributed by atoms with van der Waals surface area (Å²) in [6.07, 6.45) is 2.86. The predicted molar refractivity (Wildman–Crippen MR) is 82.9 cm³/mol. The highest BCUT2D eigenvalue weighted by Gasteiger charge is 2.25. The van der Waals surface area contributed by atoms with Crippen molar-refractivity contribution in [3.05, 3.63) is 30.3 Å². The van der Waals surface area contributed by atoms with E-state index < -0.39 is 10.0 Å². The molecule has 1 fully saturated rings. The normalized spacial score (nSPS) is 19.3. The zero-order valence-corrected chi connectivity index (χ0v) is 13.1. The zero-order valence-electron chi connectivity index (χ0n) is 12.3. The summed E-state index contributed by atoms with van der Waals surface area (Å²) in [5, 5.41) is 4.01. The Morgan fingerprint density at radius 3 is 2.82 bits per heavy atom. The molecule has 0 aliphatic carbocycles. The molecule has 3 rings (SSSR count). The lowest BCUT2D eigenvalue weighted by Gasteiger charge is -2.31. The molecule has 0 spiro atoms. The van der Waals surface area contributed by atoms with Crippen LogP contribution in [0.5, 0.6) is 0 Å². The first-order valence-electron chi connectivity index (χ1n) is 7.13. The van der Waals surface area contributed by atoms with Gasteiger partial charge in [0, 0.05) is 24.7 Å². The minimum Gasteiger partial charge on any atom is -0.337 e. The molecule has 1 unspecified atom stereocenters. The summed E-state index contributed by atoms with van der Waals surface area (Å²) in [6, 6.07) is 9.43. The van der Waals surface area contributed by atoms with Crippen LogP contribution in [0.25, 0.3) is 11.5 Å². The molecule has 0 bridgehead atoms. The van der Waals surface area contributed by atoms with Crippen molar-refractivity contribution in [1.82, 2.24) is 14.9 Å². The third-order valence-corrected chi connectivity index (χ3v) is 4.28. The topological polar surface area (TPSA) is 88.3 Å². The minimum absolute atomic E-state index is 0.123. The average Bonchev–Trinajstić information content (AvgIpc) is 2.96. The summed E-state index contributed by atoms with van der Waals surface area (Å²) < 4.78 is 30.6. The monoisotopic (exact) mass is 322 g/mol. The van der Waals surface area contributed by atoms with Crippen LogP contribution >= 0.6 is 0 Å². The molecule has 118 valence electrons. The highest BCUT2D eigenvalue weighted by molar-refractivity contribution is 7.88. The molecule has 22 heavy (non-hydrogen) atoms. The molecule has 0 amide bonds. The first kappa shape index (κ1) is 15.0. The van der Waals surface area contributed by atoms with Gasteiger partial charge in [-0.05, 0) is 30.1 Å². The van der Waals surface area contributed by atoms with Gasteiger partial charge in [-0.15, -0.1) is 0 Å². The third kappa shape index (κ3) is 3.63. The molecule has 2 heterocycles. The lowest BCUT2D eigenvalue weighted by atomic mass is 10.1. The van der Waals surface area contributed by atoms with Gasteiger partial charge in [-0.1, -0.05) is 18.2 Å². The van der Waals surface area contributed by atoms with Gasteiger partial charge >= 0.3 is 0 Å². The van der Waals surface area contributed by atoms with Crippen LogP contribution in [-0.4, -0.2) is 43.9 Å². The molecule has 8 heteroatoms. The Balaban J connectivity index is 1.73. The van der Waals surface area contributed by atoms with E-state index in [1.165, 1.54) is 6.26 Å². The Bertz CT molecular complexity index is 730. The molecule has 1 aliphatic heterocycles. The van der Waals surface area contributed by atoms with Crippen molar-refractivity contribution in [2.24, 2.45) is 0 Å². The van der Waals surface area contributed by atoms with Gasteiger partial charge < -0.3 is 9.42 Å². The number of benzene rings is 1. The van der Waals surface area contributed by atoms with E-state index in [4.69, 9.17) is 4.52 Å². The number of nitrogens with one attached hydrogen (secondary N) is 1. The number of rotatable bonds is 4. The highest BCUT2D eigenvalue weighted by atomic mass is 32.2. The Labute approximate surface area is 129 Å². The predicted octanol–water partition coefficient (Wildman–Crippen LogP) is 1.25. The Morgan fingerprint density at radius 1 is 1.32 bits per heavy atom. The largest absolute Gasteiger partial charge is 0.337 e. The summed E-state index contributed by atoms with van der Waals surface area (Å²) in [7, 11) is -3.21. The molecule has 7 nitrogen and oxygen atoms in total. The van der Waals surface area contributed by atoms with Gasteiger partial charge in [0.15, 0.2) is 0 Å². The quantitative estimate of drug-likeness (QED) is 0.911. The van der Waals surface area contributed by atoms with Crippen molar-refractivity contribution in [2.45, 2.75) is 18.9 Å². The van der Waals surface area contributed by atoms with E-state index in [0.29, 0.717) is 18.4 Å². The smallest absolute Gasteiger partial charge is 0.266 e. The van der Waals surface area contributed by atoms with Gasteiger partial charge in [0.25, 0.3) is 11.8 Å². The van der Waals surface area contributed by atoms with Gasteiger partial charge in [0.05, 0.1) is 6.26 Å². The lowest BCUT2D eigenvalue weighted by molar-refractivity contribution is 0.419. The Morgan fingerprint density at radius 2 is 2.09 bits per heavy atom. The van der Waals surface area contributed by atoms with Gasteiger partial charge in [-0.3, -0.25) is 0 Å². The fourth-order valence-corrected chi connectivity index (χ4v) is 3.40. The van der Waals surface area contributed by atoms with Crippen molar-refractivity contribution in [3.8, 4) is 11.5 Å². The van der Waals surface area contributed by atoms with Crippen LogP contribution in [0.4, 0.5) is 5.95 Å². The summed E-state index contributed by atoms with van der Waals surface area (Å²) in [5.74, 6) is 0.965. The average molecular weight is 322 g/mol. The SMILES string of the molecule is CS(=O)(=O)NC1CCCN(c2noc(-c3ccccc3)n2)C1. The van der Waals surface area contributed by atoms with Crippen molar-refractivity contribution < 1.29 is 12.9 Å². The molecule has 1 N–H and O–H groups in total. The molecule has 0 radical (unpaired) electrons. The standard InChI is InChI=1S/C14H18N4O3S/c1-22(19,20)17-12-8-5-9-18(10-12)14-15-13(21-16-14)11-6-3-2-4-7-11/h2-4,6-7,12,17H,5,8-10H2,1H3. The maximum atomic E-state index is 11.4. The number of nitrogens with zero attached hydrogens (tertiary/aromatic N) is 3. The Hall–Kier alpha value is -1.93. The third-order valence-electron chi connectivity index (χ3n) is 3.52. The van der Waals surface area contributed by atoms with Crippen LogP contribution in [0.15, 0.2) is 34.9 Å². The molecule has 1 aromatic carbocycles. The van der Waals surface area contributed by atoms with Crippen LogP contribution in [0.1, 0.15) is 12.8 Å². The number of piperidine rings is 1. The molecule has 2 aromatic rings. The zero-order chi connectivity index (χ0) is 15.6. The van der Waals surface area contributed by atoms with Crippen molar-refractivity contribution >= 4 is 16.0 Å². The second-order valence-electron chi connectivity index (χ2n) is 5.44. The minimum atomic E-state index is -3.21. The van der Waals surface area contributed by atoms with Crippen LogP contribution in [0.3, 0.4) is 0 Å². The van der Waals surface area contributed by atoms with E-state index in [1.54, 1.807) is 0 Å². The summed E-state index contributed by atoms with van der Waals surface area (Å²) >= 11 is 0. The van der Waals surface area contributed by atoms with Crippen molar-refractivity contribution in [2.75, 3.05) is 24.2 Å². The molecular weight excluding hydrogens is 304 g/mol. The fraction of sp³-hybridized carbons (Fsp3) is 0.429. The highest BCUT2D eigenvalue weighted by Crippen LogP contribution is 2.22. The first-order chi connectivity index (χ1) is 10.5. The second-order valence-corrected chi connectivity index (χ2v) is 7.22. The molecule has 1 saturated heterocycles. The maximum absolute atomic E-state index is 11.4. The number of anilines is 1. The van der Waals surface area contributed by atoms with Gasteiger partial charge in [0.2, 0.25) is 10.0 Å². The van der Waals surface area contributed by atoms with Crippen LogP contribution in [0, 0.1) is 0 Å². The molecule has 0 saturated carbocycles. The van der Waals surface area contributed by atoms with E-state index in [0.717, 1.165) is 24.9 Å². The van der Waals surface area contributed by atoms with Crippen molar-refractivity contribution in [3.63, 3.8) is 0 Å². The number of hydrogen-bond donors (Lipinski definition) is 1. The number of aromatic nitrogens is 2. The molecule has 1 aliphatic rings. The van der Waals surface area contributed by atoms with E-state index in [-0.39, 0.29) is 6.04 Å². The molecule has 1 atom stereocenters. The van der Waals surface area contributed by atoms with Crippen LogP contribution < -0.4 is 9.62 Å². The van der Waals surface area contributed by atoms with Gasteiger partial charge in [-0.2, -0.15) is 4.98 Å². The van der Waals surface area contributed by atoms with E-state index in [2.05, 4.69) is 14.9 Å². The number of sulfonamides is 1. The molecular formula is C14H18N4O3S. The van der Waals surface area contributed by atoms with Gasteiger partial charge in [0.1, 0.15) is 0 Å². The molecule has 1 aromatic heterocycles. The van der Waals surface area contributed by atoms with Gasteiger partial charge in [-0.25, -0.2) is 13.1 Å². The maximum Gasteiger partial charge on any atom is 0.266 e. The second kappa shape index (κ2) is 6.05. The van der Waals surface area contributed by atoms with E-state index in [1.807, 2.05) is 35.2 Å². The Kier molecular flexibility index (Phi) is 4.12. The summed E-state index contributed by atoms with van der Waals surface area (Å²) in [5.41, 5.74) is 0.865. The van der Waals surface area contributed by atoms with E-state index in [9.17, 15) is 8.42 Å². The number of hydrogen-bond acceptors (Lipinski definition) is 6. The lowest BCUT2D eigenvalue weighted by Crippen LogP contribution is -2.47. The van der Waals surface area contributed by atoms with Crippen LogP contribution in [-0.2, 0) is 10.0 Å². The van der Waals surface area contributed by atoms with E-state index >= 15 is 0 Å². The fourth-order valence-electron chi connectivity index (χ4n) is 2.60. The summed E-state index contributed by atoms with van der Waals surface area (Å²) in [6.45, 7) is 1.33. The first-order valence-corrected chi connectivity index (χ1v) is 9.02. The summed E-state index contributed by atoms with van der Waals surface area (Å²) in [4.78, 5) is 6.35. The van der Waals surface area contributed by atoms with Crippen LogP contribution in [0.2, 0.25) is 0 Å².